The third-order valence-corrected chi connectivity index (χ3v) is 1.77. The van der Waals surface area contributed by atoms with E-state index in [1.54, 1.807) is 6.92 Å². The number of rotatable bonds is 2. The van der Waals surface area contributed by atoms with Crippen molar-refractivity contribution in [1.82, 2.24) is 0 Å². The molecule has 0 unspecified atom stereocenters. The Kier molecular flexibility index (Phi) is 2.42. The van der Waals surface area contributed by atoms with Crippen molar-refractivity contribution in [2.24, 2.45) is 0 Å². The molecule has 0 N–H and O–H groups in total. The monoisotopic (exact) mass is 148 g/mol. The second kappa shape index (κ2) is 3.33. The van der Waals surface area contributed by atoms with Crippen LogP contribution in [0.4, 0.5) is 0 Å². The molecular weight excluding hydrogens is 136 g/mol. The van der Waals surface area contributed by atoms with Crippen LogP contribution in [0.2, 0.25) is 0 Å². The van der Waals surface area contributed by atoms with Crippen LogP contribution in [-0.2, 0) is 4.79 Å². The molecule has 0 saturated heterocycles. The highest BCUT2D eigenvalue weighted by Gasteiger charge is 2.05. The summed E-state index contributed by atoms with van der Waals surface area (Å²) in [5, 5.41) is 0. The van der Waals surface area contributed by atoms with Gasteiger partial charge in [-0.1, -0.05) is 24.8 Å². The summed E-state index contributed by atoms with van der Waals surface area (Å²) in [5.41, 5.74) is 1.62. The lowest BCUT2D eigenvalue weighted by Crippen LogP contribution is -1.98. The smallest absolute Gasteiger partial charge is 0.159 e. The number of hydrogen-bond acceptors (Lipinski definition) is 1. The lowest BCUT2D eigenvalue weighted by atomic mass is 9.99. The first-order valence-electron chi connectivity index (χ1n) is 3.78. The Labute approximate surface area is 67.1 Å². The average molecular weight is 148 g/mol. The van der Waals surface area contributed by atoms with Crippen LogP contribution in [0, 0.1) is 0 Å². The zero-order chi connectivity index (χ0) is 8.27. The minimum absolute atomic E-state index is 0.0581. The van der Waals surface area contributed by atoms with Gasteiger partial charge < -0.3 is 0 Å². The van der Waals surface area contributed by atoms with E-state index < -0.39 is 0 Å². The summed E-state index contributed by atoms with van der Waals surface area (Å²) in [6.07, 6.45) is 8.20. The van der Waals surface area contributed by atoms with Gasteiger partial charge in [-0.2, -0.15) is 0 Å². The lowest BCUT2D eigenvalue weighted by Gasteiger charge is -2.06. The third kappa shape index (κ3) is 1.90. The summed E-state index contributed by atoms with van der Waals surface area (Å²) in [5.74, 6) is 0.0581. The van der Waals surface area contributed by atoms with Crippen LogP contribution < -0.4 is 0 Å². The predicted molar refractivity (Wildman–Crippen MR) is 46.3 cm³/mol. The molecule has 0 aromatic rings. The van der Waals surface area contributed by atoms with Gasteiger partial charge in [0.25, 0.3) is 0 Å². The number of carbonyl (C=O) groups excluding carboxylic acids is 1. The number of Topliss-reactive ketones (excluding diaryl/α,β-unsaturated/α-hetero) is 1. The molecule has 0 fully saturated rings. The highest BCUT2D eigenvalue weighted by atomic mass is 16.1. The standard InChI is InChI=1S/C10H12O/c1-8(9(2)11)10-6-4-3-5-7-10/h4,6-7H,1,3,5H2,2H3. The summed E-state index contributed by atoms with van der Waals surface area (Å²) in [7, 11) is 0. The van der Waals surface area contributed by atoms with E-state index in [0.717, 1.165) is 18.4 Å². The molecule has 1 heteroatoms. The molecule has 0 spiro atoms. The van der Waals surface area contributed by atoms with E-state index in [2.05, 4.69) is 18.7 Å². The Hall–Kier alpha value is -1.11. The van der Waals surface area contributed by atoms with Crippen molar-refractivity contribution in [3.05, 3.63) is 36.0 Å². The van der Waals surface area contributed by atoms with Gasteiger partial charge in [0.2, 0.25) is 0 Å². The first kappa shape index (κ1) is 7.99. The number of ketones is 1. The fourth-order valence-electron chi connectivity index (χ4n) is 1.04. The van der Waals surface area contributed by atoms with Gasteiger partial charge in [-0.15, -0.1) is 0 Å². The molecule has 0 radical (unpaired) electrons. The van der Waals surface area contributed by atoms with E-state index >= 15 is 0 Å². The van der Waals surface area contributed by atoms with Crippen molar-refractivity contribution >= 4 is 5.78 Å². The van der Waals surface area contributed by atoms with Crippen molar-refractivity contribution in [2.45, 2.75) is 19.8 Å². The molecular formula is C10H12O. The molecule has 11 heavy (non-hydrogen) atoms. The third-order valence-electron chi connectivity index (χ3n) is 1.77. The van der Waals surface area contributed by atoms with Crippen molar-refractivity contribution in [3.63, 3.8) is 0 Å². The fraction of sp³-hybridized carbons (Fsp3) is 0.300. The van der Waals surface area contributed by atoms with Crippen LogP contribution in [0.1, 0.15) is 19.8 Å². The molecule has 0 bridgehead atoms. The molecule has 1 aliphatic rings. The molecule has 0 aromatic heterocycles. The van der Waals surface area contributed by atoms with Gasteiger partial charge in [0.15, 0.2) is 5.78 Å². The predicted octanol–water partition coefficient (Wildman–Crippen LogP) is 2.41. The van der Waals surface area contributed by atoms with Gasteiger partial charge in [-0.05, 0) is 25.3 Å². The van der Waals surface area contributed by atoms with Gasteiger partial charge in [-0.25, -0.2) is 0 Å². The summed E-state index contributed by atoms with van der Waals surface area (Å²) in [6.45, 7) is 5.26. The largest absolute Gasteiger partial charge is 0.295 e. The number of allylic oxidation sites excluding steroid dienone is 5. The Morgan fingerprint density at radius 2 is 2.27 bits per heavy atom. The number of hydrogen-bond donors (Lipinski definition) is 0. The van der Waals surface area contributed by atoms with Gasteiger partial charge in [0.1, 0.15) is 0 Å². The summed E-state index contributed by atoms with van der Waals surface area (Å²) in [6, 6.07) is 0. The summed E-state index contributed by atoms with van der Waals surface area (Å²) < 4.78 is 0. The lowest BCUT2D eigenvalue weighted by molar-refractivity contribution is -0.113. The SMILES string of the molecule is C=C(C(C)=O)C1=CCCC=C1. The molecule has 0 atom stereocenters. The Morgan fingerprint density at radius 3 is 2.73 bits per heavy atom. The molecule has 0 amide bonds. The molecule has 1 rings (SSSR count). The number of carbonyl (C=O) groups is 1. The first-order chi connectivity index (χ1) is 5.22. The summed E-state index contributed by atoms with van der Waals surface area (Å²) >= 11 is 0. The van der Waals surface area contributed by atoms with Crippen LogP contribution in [0.25, 0.3) is 0 Å². The van der Waals surface area contributed by atoms with Crippen molar-refractivity contribution in [1.29, 1.82) is 0 Å². The molecule has 0 aliphatic heterocycles. The van der Waals surface area contributed by atoms with E-state index in [-0.39, 0.29) is 5.78 Å². The normalized spacial score (nSPS) is 15.9. The highest BCUT2D eigenvalue weighted by Crippen LogP contribution is 2.16. The summed E-state index contributed by atoms with van der Waals surface area (Å²) in [4.78, 5) is 10.9. The van der Waals surface area contributed by atoms with Crippen LogP contribution in [0.5, 0.6) is 0 Å². The molecule has 1 nitrogen and oxygen atoms in total. The van der Waals surface area contributed by atoms with Gasteiger partial charge in [-0.3, -0.25) is 4.79 Å². The molecule has 58 valence electrons. The molecule has 0 heterocycles. The van der Waals surface area contributed by atoms with Crippen LogP contribution in [-0.4, -0.2) is 5.78 Å². The van der Waals surface area contributed by atoms with E-state index in [1.807, 2.05) is 6.08 Å². The van der Waals surface area contributed by atoms with Gasteiger partial charge in [0, 0.05) is 5.57 Å². The van der Waals surface area contributed by atoms with Crippen molar-refractivity contribution in [3.8, 4) is 0 Å². The van der Waals surface area contributed by atoms with Crippen LogP contribution in [0.15, 0.2) is 36.0 Å². The maximum Gasteiger partial charge on any atom is 0.159 e. The topological polar surface area (TPSA) is 17.1 Å². The zero-order valence-electron chi connectivity index (χ0n) is 6.76. The minimum atomic E-state index is 0.0581. The maximum atomic E-state index is 10.9. The molecule has 0 saturated carbocycles. The van der Waals surface area contributed by atoms with Gasteiger partial charge in [0.05, 0.1) is 0 Å². The van der Waals surface area contributed by atoms with Crippen molar-refractivity contribution < 1.29 is 4.79 Å². The second-order valence-electron chi connectivity index (χ2n) is 2.67. The fourth-order valence-corrected chi connectivity index (χ4v) is 1.04. The van der Waals surface area contributed by atoms with Crippen LogP contribution >= 0.6 is 0 Å². The van der Waals surface area contributed by atoms with Crippen LogP contribution in [0.3, 0.4) is 0 Å². The Balaban J connectivity index is 2.75. The van der Waals surface area contributed by atoms with E-state index in [0.29, 0.717) is 5.57 Å². The highest BCUT2D eigenvalue weighted by molar-refractivity contribution is 5.97. The first-order valence-corrected chi connectivity index (χ1v) is 3.78. The van der Waals surface area contributed by atoms with E-state index in [4.69, 9.17) is 0 Å². The van der Waals surface area contributed by atoms with E-state index in [1.165, 1.54) is 0 Å². The second-order valence-corrected chi connectivity index (χ2v) is 2.67. The van der Waals surface area contributed by atoms with Crippen molar-refractivity contribution in [2.75, 3.05) is 0 Å². The Bertz CT molecular complexity index is 244. The quantitative estimate of drug-likeness (QED) is 0.549. The molecule has 1 aliphatic carbocycles. The molecule has 0 aromatic carbocycles. The zero-order valence-corrected chi connectivity index (χ0v) is 6.76. The Morgan fingerprint density at radius 1 is 1.55 bits per heavy atom. The van der Waals surface area contributed by atoms with E-state index in [9.17, 15) is 4.79 Å². The van der Waals surface area contributed by atoms with Gasteiger partial charge >= 0.3 is 0 Å². The average Bonchev–Trinajstić information content (AvgIpc) is 2.05. The maximum absolute atomic E-state index is 10.9. The minimum Gasteiger partial charge on any atom is -0.295 e.